The van der Waals surface area contributed by atoms with E-state index in [2.05, 4.69) is 0 Å². The third kappa shape index (κ3) is 5.24. The lowest BCUT2D eigenvalue weighted by molar-refractivity contribution is -0.136. The molecule has 2 heterocycles. The molecule has 0 radical (unpaired) electrons. The van der Waals surface area contributed by atoms with E-state index < -0.39 is 10.0 Å². The van der Waals surface area contributed by atoms with E-state index in [1.54, 1.807) is 34.1 Å². The molecule has 9 nitrogen and oxygen atoms in total. The van der Waals surface area contributed by atoms with Gasteiger partial charge in [0.25, 0.3) is 5.91 Å². The third-order valence-electron chi connectivity index (χ3n) is 5.61. The van der Waals surface area contributed by atoms with Crippen LogP contribution >= 0.6 is 0 Å². The molecule has 10 heteroatoms. The van der Waals surface area contributed by atoms with Gasteiger partial charge in [-0.05, 0) is 19.1 Å². The van der Waals surface area contributed by atoms with E-state index in [0.29, 0.717) is 39.3 Å². The molecular weight excluding hydrogens is 418 g/mol. The maximum absolute atomic E-state index is 12.8. The average molecular weight is 446 g/mol. The summed E-state index contributed by atoms with van der Waals surface area (Å²) in [7, 11) is -3.57. The van der Waals surface area contributed by atoms with Crippen molar-refractivity contribution in [2.24, 2.45) is 0 Å². The summed E-state index contributed by atoms with van der Waals surface area (Å²) < 4.78 is 27.1. The molecule has 3 rings (SSSR count). The van der Waals surface area contributed by atoms with Crippen LogP contribution in [0.5, 0.6) is 0 Å². The fourth-order valence-corrected chi connectivity index (χ4v) is 5.06. The maximum atomic E-state index is 12.8. The highest BCUT2D eigenvalue weighted by Crippen LogP contribution is 2.19. The first-order valence-electron chi connectivity index (χ1n) is 10.2. The minimum absolute atomic E-state index is 0.0196. The number of carbonyl (C=O) groups is 2. The van der Waals surface area contributed by atoms with Crippen LogP contribution in [0.3, 0.4) is 0 Å². The molecule has 0 bridgehead atoms. The lowest BCUT2D eigenvalue weighted by Crippen LogP contribution is -2.50. The minimum atomic E-state index is -3.57. The van der Waals surface area contributed by atoms with Gasteiger partial charge in [-0.15, -0.1) is 0 Å². The van der Waals surface area contributed by atoms with Crippen LogP contribution in [0.15, 0.2) is 40.9 Å². The van der Waals surface area contributed by atoms with Gasteiger partial charge in [0.15, 0.2) is 0 Å². The number of nitrogens with zero attached hydrogens (tertiary/aromatic N) is 5. The minimum Gasteiger partial charge on any atom is -0.373 e. The Morgan fingerprint density at radius 3 is 2.00 bits per heavy atom. The van der Waals surface area contributed by atoms with Crippen LogP contribution in [0, 0.1) is 18.3 Å². The first kappa shape index (κ1) is 22.8. The van der Waals surface area contributed by atoms with Crippen molar-refractivity contribution in [3.63, 3.8) is 0 Å². The summed E-state index contributed by atoms with van der Waals surface area (Å²) in [5, 5.41) is 9.49. The van der Waals surface area contributed by atoms with Gasteiger partial charge < -0.3 is 14.7 Å². The molecule has 2 fully saturated rings. The molecule has 2 saturated heterocycles. The maximum Gasteiger partial charge on any atom is 0.266 e. The Bertz CT molecular complexity index is 997. The van der Waals surface area contributed by atoms with Crippen LogP contribution in [0.1, 0.15) is 12.5 Å². The number of nitriles is 1. The Hall–Kier alpha value is -2.90. The number of amides is 2. The van der Waals surface area contributed by atoms with Crippen molar-refractivity contribution in [2.45, 2.75) is 18.7 Å². The van der Waals surface area contributed by atoms with E-state index in [1.165, 1.54) is 17.4 Å². The Morgan fingerprint density at radius 1 is 0.935 bits per heavy atom. The highest BCUT2D eigenvalue weighted by molar-refractivity contribution is 7.89. The molecule has 0 atom stereocenters. The Morgan fingerprint density at radius 2 is 1.48 bits per heavy atom. The normalized spacial score (nSPS) is 18.6. The van der Waals surface area contributed by atoms with Gasteiger partial charge in [0.2, 0.25) is 15.9 Å². The molecule has 0 spiro atoms. The van der Waals surface area contributed by atoms with Crippen molar-refractivity contribution >= 4 is 21.8 Å². The Balaban J connectivity index is 1.60. The summed E-state index contributed by atoms with van der Waals surface area (Å²) >= 11 is 0. The summed E-state index contributed by atoms with van der Waals surface area (Å²) in [5.41, 5.74) is 1.01. The summed E-state index contributed by atoms with van der Waals surface area (Å²) in [6, 6.07) is 8.72. The van der Waals surface area contributed by atoms with E-state index in [1.807, 2.05) is 17.9 Å². The van der Waals surface area contributed by atoms with Gasteiger partial charge in [-0.25, -0.2) is 8.42 Å². The fraction of sp³-hybridized carbons (Fsp3) is 0.476. The molecule has 2 aliphatic heterocycles. The zero-order valence-electron chi connectivity index (χ0n) is 17.8. The van der Waals surface area contributed by atoms with E-state index >= 15 is 0 Å². The highest BCUT2D eigenvalue weighted by atomic mass is 32.2. The standard InChI is InChI=1S/C21H27N5O4S/c1-17-3-5-20(6-4-17)31(29,30)26-13-7-23(8-14-26)16-19(15-22)21(28)25-11-9-24(10-12-25)18(2)27/h3-6,16H,7-14H2,1-2H3/b19-16-. The predicted octanol–water partition coefficient (Wildman–Crippen LogP) is 0.400. The Labute approximate surface area is 183 Å². The van der Waals surface area contributed by atoms with Crippen LogP contribution in [-0.4, -0.2) is 91.6 Å². The summed E-state index contributed by atoms with van der Waals surface area (Å²) in [4.78, 5) is 29.5. The van der Waals surface area contributed by atoms with E-state index in [-0.39, 0.29) is 35.4 Å². The van der Waals surface area contributed by atoms with Crippen molar-refractivity contribution in [1.82, 2.24) is 19.0 Å². The number of sulfonamides is 1. The second-order valence-electron chi connectivity index (χ2n) is 7.71. The van der Waals surface area contributed by atoms with Crippen LogP contribution in [0.25, 0.3) is 0 Å². The molecule has 2 amide bonds. The van der Waals surface area contributed by atoms with Gasteiger partial charge in [0, 0.05) is 65.5 Å². The quantitative estimate of drug-likeness (QED) is 0.491. The monoisotopic (exact) mass is 445 g/mol. The molecule has 0 aliphatic carbocycles. The van der Waals surface area contributed by atoms with Gasteiger partial charge in [-0.3, -0.25) is 9.59 Å². The molecule has 0 unspecified atom stereocenters. The predicted molar refractivity (Wildman–Crippen MR) is 114 cm³/mol. The number of aryl methyl sites for hydroxylation is 1. The number of rotatable bonds is 4. The van der Waals surface area contributed by atoms with E-state index in [0.717, 1.165) is 5.56 Å². The van der Waals surface area contributed by atoms with Crippen LogP contribution in [0.4, 0.5) is 0 Å². The van der Waals surface area contributed by atoms with Crippen molar-refractivity contribution in [1.29, 1.82) is 5.26 Å². The van der Waals surface area contributed by atoms with Crippen LogP contribution in [0.2, 0.25) is 0 Å². The fourth-order valence-electron chi connectivity index (χ4n) is 3.64. The summed E-state index contributed by atoms with van der Waals surface area (Å²) in [6.45, 7) is 6.41. The molecule has 31 heavy (non-hydrogen) atoms. The SMILES string of the molecule is CC(=O)N1CCN(C(=O)/C(C#N)=C\N2CCN(S(=O)(=O)c3ccc(C)cc3)CC2)CC1. The first-order chi connectivity index (χ1) is 14.7. The number of hydrogen-bond acceptors (Lipinski definition) is 6. The van der Waals surface area contributed by atoms with E-state index in [4.69, 9.17) is 0 Å². The molecule has 0 aromatic heterocycles. The molecule has 166 valence electrons. The van der Waals surface area contributed by atoms with Gasteiger partial charge in [0.05, 0.1) is 4.90 Å². The molecule has 1 aromatic rings. The van der Waals surface area contributed by atoms with Gasteiger partial charge >= 0.3 is 0 Å². The number of carbonyl (C=O) groups excluding carboxylic acids is 2. The smallest absolute Gasteiger partial charge is 0.266 e. The largest absolute Gasteiger partial charge is 0.373 e. The molecule has 1 aromatic carbocycles. The molecule has 0 N–H and O–H groups in total. The van der Waals surface area contributed by atoms with Gasteiger partial charge in [-0.2, -0.15) is 9.57 Å². The topological polar surface area (TPSA) is 105 Å². The molecule has 2 aliphatic rings. The molecule has 0 saturated carbocycles. The second kappa shape index (κ2) is 9.49. The second-order valence-corrected chi connectivity index (χ2v) is 9.64. The Kier molecular flexibility index (Phi) is 6.97. The zero-order chi connectivity index (χ0) is 22.6. The van der Waals surface area contributed by atoms with Crippen molar-refractivity contribution in [3.05, 3.63) is 41.6 Å². The average Bonchev–Trinajstić information content (AvgIpc) is 2.77. The highest BCUT2D eigenvalue weighted by Gasteiger charge is 2.29. The van der Waals surface area contributed by atoms with Crippen LogP contribution < -0.4 is 0 Å². The first-order valence-corrected chi connectivity index (χ1v) is 11.6. The number of hydrogen-bond donors (Lipinski definition) is 0. The van der Waals surface area contributed by atoms with Gasteiger partial charge in [-0.1, -0.05) is 17.7 Å². The van der Waals surface area contributed by atoms with Crippen LogP contribution in [-0.2, 0) is 19.6 Å². The number of piperazine rings is 2. The van der Waals surface area contributed by atoms with Crippen molar-refractivity contribution in [2.75, 3.05) is 52.4 Å². The third-order valence-corrected chi connectivity index (χ3v) is 7.52. The lowest BCUT2D eigenvalue weighted by Gasteiger charge is -2.35. The van der Waals surface area contributed by atoms with Crippen molar-refractivity contribution in [3.8, 4) is 6.07 Å². The zero-order valence-corrected chi connectivity index (χ0v) is 18.6. The van der Waals surface area contributed by atoms with Gasteiger partial charge in [0.1, 0.15) is 11.6 Å². The number of benzene rings is 1. The molecular formula is C21H27N5O4S. The summed E-state index contributed by atoms with van der Waals surface area (Å²) in [5.74, 6) is -0.387. The van der Waals surface area contributed by atoms with E-state index in [9.17, 15) is 23.3 Å². The van der Waals surface area contributed by atoms with Crippen molar-refractivity contribution < 1.29 is 18.0 Å². The lowest BCUT2D eigenvalue weighted by atomic mass is 10.2. The summed E-state index contributed by atoms with van der Waals surface area (Å²) in [6.07, 6.45) is 1.52.